The summed E-state index contributed by atoms with van der Waals surface area (Å²) in [5.74, 6) is 0.514. The van der Waals surface area contributed by atoms with Crippen LogP contribution in [0.25, 0.3) is 0 Å². The molecule has 2 aliphatic rings. The predicted molar refractivity (Wildman–Crippen MR) is 79.4 cm³/mol. The number of rotatable bonds is 2. The van der Waals surface area contributed by atoms with E-state index in [1.165, 1.54) is 0 Å². The van der Waals surface area contributed by atoms with Crippen molar-refractivity contribution in [1.29, 1.82) is 0 Å². The molecule has 1 aromatic rings. The Morgan fingerprint density at radius 1 is 1.24 bits per heavy atom. The molecular formula is C16H20N2O3. The molecule has 0 unspecified atom stereocenters. The van der Waals surface area contributed by atoms with Crippen LogP contribution in [0.2, 0.25) is 0 Å². The molecule has 3 rings (SSSR count). The fraction of sp³-hybridized carbons (Fsp3) is 0.500. The Kier molecular flexibility index (Phi) is 3.35. The number of ether oxygens (including phenoxy) is 1. The second kappa shape index (κ2) is 5.06. The zero-order valence-electron chi connectivity index (χ0n) is 12.4. The molecule has 1 N–H and O–H groups in total. The van der Waals surface area contributed by atoms with E-state index in [1.54, 1.807) is 12.0 Å². The van der Waals surface area contributed by atoms with Crippen molar-refractivity contribution >= 4 is 17.5 Å². The lowest BCUT2D eigenvalue weighted by Crippen LogP contribution is -2.65. The molecule has 1 heterocycles. The Balaban J connectivity index is 2.03. The molecule has 0 aromatic heterocycles. The largest absolute Gasteiger partial charge is 0.495 e. The van der Waals surface area contributed by atoms with Crippen molar-refractivity contribution in [3.05, 3.63) is 23.8 Å². The number of carbonyl (C=O) groups is 2. The van der Waals surface area contributed by atoms with Gasteiger partial charge >= 0.3 is 0 Å². The van der Waals surface area contributed by atoms with Gasteiger partial charge in [0.25, 0.3) is 5.91 Å². The highest BCUT2D eigenvalue weighted by Gasteiger charge is 2.49. The van der Waals surface area contributed by atoms with Gasteiger partial charge in [0.15, 0.2) is 0 Å². The molecule has 0 radical (unpaired) electrons. The summed E-state index contributed by atoms with van der Waals surface area (Å²) in [5, 5.41) is 2.92. The van der Waals surface area contributed by atoms with Crippen LogP contribution >= 0.6 is 0 Å². The summed E-state index contributed by atoms with van der Waals surface area (Å²) in [5.41, 5.74) is 1.01. The number of carbonyl (C=O) groups excluding carboxylic acids is 2. The van der Waals surface area contributed by atoms with Gasteiger partial charge < -0.3 is 10.1 Å². The van der Waals surface area contributed by atoms with E-state index >= 15 is 0 Å². The molecule has 5 heteroatoms. The van der Waals surface area contributed by atoms with Gasteiger partial charge in [0.1, 0.15) is 17.8 Å². The number of anilines is 1. The van der Waals surface area contributed by atoms with Crippen molar-refractivity contribution in [3.8, 4) is 5.75 Å². The molecule has 1 aliphatic carbocycles. The van der Waals surface area contributed by atoms with Gasteiger partial charge in [-0.2, -0.15) is 0 Å². The summed E-state index contributed by atoms with van der Waals surface area (Å²) in [6, 6.07) is 5.67. The lowest BCUT2D eigenvalue weighted by atomic mass is 9.92. The summed E-state index contributed by atoms with van der Waals surface area (Å²) >= 11 is 0. The van der Waals surface area contributed by atoms with Crippen LogP contribution in [0.1, 0.15) is 31.2 Å². The van der Waals surface area contributed by atoms with Gasteiger partial charge in [-0.3, -0.25) is 14.5 Å². The third kappa shape index (κ3) is 2.26. The predicted octanol–water partition coefficient (Wildman–Crippen LogP) is 1.78. The van der Waals surface area contributed by atoms with Crippen molar-refractivity contribution in [2.45, 2.75) is 38.1 Å². The van der Waals surface area contributed by atoms with Crippen LogP contribution in [0.5, 0.6) is 5.75 Å². The fourth-order valence-electron chi connectivity index (χ4n) is 3.36. The number of aryl methyl sites for hydroxylation is 1. The number of benzene rings is 1. The van der Waals surface area contributed by atoms with E-state index in [0.717, 1.165) is 31.2 Å². The van der Waals surface area contributed by atoms with Gasteiger partial charge in [0.2, 0.25) is 5.91 Å². The van der Waals surface area contributed by atoms with Crippen LogP contribution in [-0.2, 0) is 9.59 Å². The minimum Gasteiger partial charge on any atom is -0.495 e. The number of hydrogen-bond acceptors (Lipinski definition) is 3. The summed E-state index contributed by atoms with van der Waals surface area (Å²) in [7, 11) is 1.58. The Bertz CT molecular complexity index is 591. The maximum atomic E-state index is 12.9. The van der Waals surface area contributed by atoms with Crippen LogP contribution in [0.15, 0.2) is 18.2 Å². The van der Waals surface area contributed by atoms with Crippen molar-refractivity contribution in [2.75, 3.05) is 18.6 Å². The van der Waals surface area contributed by atoms with Gasteiger partial charge in [-0.25, -0.2) is 0 Å². The lowest BCUT2D eigenvalue weighted by Gasteiger charge is -2.40. The third-order valence-electron chi connectivity index (χ3n) is 4.42. The van der Waals surface area contributed by atoms with Crippen LogP contribution in [-0.4, -0.2) is 31.0 Å². The van der Waals surface area contributed by atoms with Crippen molar-refractivity contribution in [2.24, 2.45) is 0 Å². The zero-order valence-corrected chi connectivity index (χ0v) is 12.4. The number of methoxy groups -OCH3 is 1. The molecule has 5 nitrogen and oxygen atoms in total. The minimum absolute atomic E-state index is 0.0106. The van der Waals surface area contributed by atoms with Gasteiger partial charge in [-0.05, 0) is 37.5 Å². The molecular weight excluding hydrogens is 268 g/mol. The van der Waals surface area contributed by atoms with Crippen molar-refractivity contribution in [3.63, 3.8) is 0 Å². The molecule has 1 saturated carbocycles. The Hall–Kier alpha value is -2.04. The number of hydrogen-bond donors (Lipinski definition) is 1. The van der Waals surface area contributed by atoms with Gasteiger partial charge in [0, 0.05) is 0 Å². The zero-order chi connectivity index (χ0) is 15.0. The van der Waals surface area contributed by atoms with E-state index in [-0.39, 0.29) is 18.4 Å². The molecule has 1 saturated heterocycles. The highest BCUT2D eigenvalue weighted by Crippen LogP contribution is 2.37. The number of piperazine rings is 1. The first-order valence-electron chi connectivity index (χ1n) is 7.33. The van der Waals surface area contributed by atoms with E-state index in [2.05, 4.69) is 5.32 Å². The molecule has 1 spiro atoms. The van der Waals surface area contributed by atoms with Crippen LogP contribution in [0.3, 0.4) is 0 Å². The first-order chi connectivity index (χ1) is 10.1. The van der Waals surface area contributed by atoms with Gasteiger partial charge in [-0.15, -0.1) is 0 Å². The number of nitrogens with one attached hydrogen (secondary N) is 1. The SMILES string of the molecule is COc1ccc(C)cc1N1CC(=O)NC2(CCCC2)C1=O. The second-order valence-electron chi connectivity index (χ2n) is 5.90. The Morgan fingerprint density at radius 3 is 2.62 bits per heavy atom. The summed E-state index contributed by atoms with van der Waals surface area (Å²) in [4.78, 5) is 26.6. The number of nitrogens with zero attached hydrogens (tertiary/aromatic N) is 1. The highest BCUT2D eigenvalue weighted by atomic mass is 16.5. The molecule has 2 fully saturated rings. The molecule has 2 amide bonds. The number of amides is 2. The Labute approximate surface area is 124 Å². The quantitative estimate of drug-likeness (QED) is 0.902. The molecule has 21 heavy (non-hydrogen) atoms. The van der Waals surface area contributed by atoms with E-state index < -0.39 is 5.54 Å². The average Bonchev–Trinajstić information content (AvgIpc) is 2.92. The summed E-state index contributed by atoms with van der Waals surface area (Å²) in [6.45, 7) is 2.02. The topological polar surface area (TPSA) is 58.6 Å². The molecule has 1 aromatic carbocycles. The molecule has 1 aliphatic heterocycles. The van der Waals surface area contributed by atoms with E-state index in [0.29, 0.717) is 11.4 Å². The molecule has 112 valence electrons. The third-order valence-corrected chi connectivity index (χ3v) is 4.42. The van der Waals surface area contributed by atoms with Gasteiger partial charge in [0.05, 0.1) is 12.8 Å². The van der Waals surface area contributed by atoms with E-state index in [1.807, 2.05) is 25.1 Å². The average molecular weight is 288 g/mol. The maximum absolute atomic E-state index is 12.9. The second-order valence-corrected chi connectivity index (χ2v) is 5.90. The van der Waals surface area contributed by atoms with Crippen molar-refractivity contribution < 1.29 is 14.3 Å². The van der Waals surface area contributed by atoms with E-state index in [4.69, 9.17) is 4.74 Å². The standard InChI is InChI=1S/C16H20N2O3/c1-11-5-6-13(21-2)12(9-11)18-10-14(19)17-16(15(18)20)7-3-4-8-16/h5-6,9H,3-4,7-8,10H2,1-2H3,(H,17,19). The highest BCUT2D eigenvalue weighted by molar-refractivity contribution is 6.10. The Morgan fingerprint density at radius 2 is 1.95 bits per heavy atom. The molecule has 0 atom stereocenters. The normalized spacial score (nSPS) is 20.8. The minimum atomic E-state index is -0.704. The van der Waals surface area contributed by atoms with Gasteiger partial charge in [-0.1, -0.05) is 18.9 Å². The van der Waals surface area contributed by atoms with E-state index in [9.17, 15) is 9.59 Å². The lowest BCUT2D eigenvalue weighted by molar-refractivity contribution is -0.135. The molecule has 0 bridgehead atoms. The van der Waals surface area contributed by atoms with Crippen LogP contribution < -0.4 is 15.0 Å². The smallest absolute Gasteiger partial charge is 0.253 e. The summed E-state index contributed by atoms with van der Waals surface area (Å²) in [6.07, 6.45) is 3.40. The summed E-state index contributed by atoms with van der Waals surface area (Å²) < 4.78 is 5.36. The van der Waals surface area contributed by atoms with Crippen molar-refractivity contribution in [1.82, 2.24) is 5.32 Å². The first-order valence-corrected chi connectivity index (χ1v) is 7.33. The monoisotopic (exact) mass is 288 g/mol. The maximum Gasteiger partial charge on any atom is 0.253 e. The van der Waals surface area contributed by atoms with Crippen LogP contribution in [0, 0.1) is 6.92 Å². The first kappa shape index (κ1) is 13.9. The fourth-order valence-corrected chi connectivity index (χ4v) is 3.36. The van der Waals surface area contributed by atoms with Crippen LogP contribution in [0.4, 0.5) is 5.69 Å².